The highest BCUT2D eigenvalue weighted by Gasteiger charge is 2.19. The van der Waals surface area contributed by atoms with E-state index in [0.717, 1.165) is 39.3 Å². The summed E-state index contributed by atoms with van der Waals surface area (Å²) >= 11 is 0. The summed E-state index contributed by atoms with van der Waals surface area (Å²) in [7, 11) is 0. The maximum absolute atomic E-state index is 11.7. The van der Waals surface area contributed by atoms with Crippen LogP contribution in [0.2, 0.25) is 0 Å². The van der Waals surface area contributed by atoms with Gasteiger partial charge in [-0.05, 0) is 5.92 Å². The van der Waals surface area contributed by atoms with Gasteiger partial charge in [-0.2, -0.15) is 0 Å². The highest BCUT2D eigenvalue weighted by Crippen LogP contribution is 2.04. The van der Waals surface area contributed by atoms with Gasteiger partial charge in [0.25, 0.3) is 0 Å². The molecule has 1 rings (SSSR count). The molecular weight excluding hydrogens is 218 g/mol. The number of nitrogens with two attached hydrogens (primary N) is 1. The first-order valence-electron chi connectivity index (χ1n) is 6.48. The second-order valence-electron chi connectivity index (χ2n) is 4.66. The van der Waals surface area contributed by atoms with E-state index < -0.39 is 0 Å². The Labute approximate surface area is 104 Å². The first kappa shape index (κ1) is 14.4. The van der Waals surface area contributed by atoms with E-state index in [9.17, 15) is 4.79 Å². The summed E-state index contributed by atoms with van der Waals surface area (Å²) in [5.41, 5.74) is 5.84. The molecule has 5 nitrogen and oxygen atoms in total. The van der Waals surface area contributed by atoms with Crippen molar-refractivity contribution in [1.82, 2.24) is 10.2 Å². The van der Waals surface area contributed by atoms with Crippen LogP contribution in [0.3, 0.4) is 0 Å². The van der Waals surface area contributed by atoms with Crippen LogP contribution in [0.25, 0.3) is 0 Å². The maximum Gasteiger partial charge on any atom is 0.237 e. The summed E-state index contributed by atoms with van der Waals surface area (Å²) in [6, 6.07) is -0.385. The van der Waals surface area contributed by atoms with Crippen molar-refractivity contribution < 1.29 is 9.53 Å². The van der Waals surface area contributed by atoms with E-state index in [1.165, 1.54) is 0 Å². The standard InChI is InChI=1S/C12H25N3O2/c1-3-10(2)11(13)12(16)14-4-5-15-6-8-17-9-7-15/h10-11H,3-9,13H2,1-2H3,(H,14,16)/t10-,11?/m0/s1. The molecule has 1 aliphatic rings. The molecule has 17 heavy (non-hydrogen) atoms. The summed E-state index contributed by atoms with van der Waals surface area (Å²) in [6.07, 6.45) is 0.929. The number of carbonyl (C=O) groups is 1. The van der Waals surface area contributed by atoms with Crippen molar-refractivity contribution in [3.8, 4) is 0 Å². The van der Waals surface area contributed by atoms with Crippen LogP contribution in [0.4, 0.5) is 0 Å². The molecule has 5 heteroatoms. The topological polar surface area (TPSA) is 67.6 Å². The monoisotopic (exact) mass is 243 g/mol. The van der Waals surface area contributed by atoms with Gasteiger partial charge in [-0.3, -0.25) is 9.69 Å². The van der Waals surface area contributed by atoms with Crippen LogP contribution in [0.1, 0.15) is 20.3 Å². The Morgan fingerprint density at radius 1 is 1.47 bits per heavy atom. The minimum Gasteiger partial charge on any atom is -0.379 e. The average molecular weight is 243 g/mol. The van der Waals surface area contributed by atoms with Crippen LogP contribution < -0.4 is 11.1 Å². The number of nitrogens with zero attached hydrogens (tertiary/aromatic N) is 1. The summed E-state index contributed by atoms with van der Waals surface area (Å²) in [6.45, 7) is 9.09. The number of amides is 1. The molecule has 0 saturated carbocycles. The Morgan fingerprint density at radius 3 is 2.71 bits per heavy atom. The van der Waals surface area contributed by atoms with E-state index >= 15 is 0 Å². The van der Waals surface area contributed by atoms with E-state index in [1.54, 1.807) is 0 Å². The molecule has 2 atom stereocenters. The Morgan fingerprint density at radius 2 is 2.12 bits per heavy atom. The number of rotatable bonds is 6. The molecular formula is C12H25N3O2. The van der Waals surface area contributed by atoms with Gasteiger partial charge in [0.15, 0.2) is 0 Å². The summed E-state index contributed by atoms with van der Waals surface area (Å²) < 4.78 is 5.26. The van der Waals surface area contributed by atoms with Gasteiger partial charge in [0, 0.05) is 26.2 Å². The molecule has 0 bridgehead atoms. The van der Waals surface area contributed by atoms with Crippen molar-refractivity contribution >= 4 is 5.91 Å². The highest BCUT2D eigenvalue weighted by molar-refractivity contribution is 5.81. The quantitative estimate of drug-likeness (QED) is 0.678. The van der Waals surface area contributed by atoms with Crippen molar-refractivity contribution in [2.45, 2.75) is 26.3 Å². The lowest BCUT2D eigenvalue weighted by atomic mass is 9.99. The number of morpholine rings is 1. The van der Waals surface area contributed by atoms with E-state index in [4.69, 9.17) is 10.5 Å². The van der Waals surface area contributed by atoms with Gasteiger partial charge in [0.1, 0.15) is 0 Å². The van der Waals surface area contributed by atoms with Gasteiger partial charge in [0.2, 0.25) is 5.91 Å². The third-order valence-corrected chi connectivity index (χ3v) is 3.39. The predicted molar refractivity (Wildman–Crippen MR) is 67.7 cm³/mol. The van der Waals surface area contributed by atoms with E-state index in [0.29, 0.717) is 6.54 Å². The molecule has 1 aliphatic heterocycles. The summed E-state index contributed by atoms with van der Waals surface area (Å²) in [5.74, 6) is 0.200. The lowest BCUT2D eigenvalue weighted by Gasteiger charge is -2.27. The minimum atomic E-state index is -0.385. The molecule has 0 aliphatic carbocycles. The fraction of sp³-hybridized carbons (Fsp3) is 0.917. The molecule has 1 fully saturated rings. The van der Waals surface area contributed by atoms with Crippen molar-refractivity contribution in [2.24, 2.45) is 11.7 Å². The fourth-order valence-electron chi connectivity index (χ4n) is 1.79. The van der Waals surface area contributed by atoms with Gasteiger partial charge < -0.3 is 15.8 Å². The Bertz CT molecular complexity index is 230. The Kier molecular flexibility index (Phi) is 6.47. The van der Waals surface area contributed by atoms with Crippen molar-refractivity contribution in [3.63, 3.8) is 0 Å². The zero-order chi connectivity index (χ0) is 12.7. The van der Waals surface area contributed by atoms with Gasteiger partial charge in [-0.1, -0.05) is 20.3 Å². The van der Waals surface area contributed by atoms with E-state index in [1.807, 2.05) is 13.8 Å². The molecule has 0 spiro atoms. The van der Waals surface area contributed by atoms with E-state index in [-0.39, 0.29) is 17.9 Å². The van der Waals surface area contributed by atoms with Crippen LogP contribution in [-0.2, 0) is 9.53 Å². The zero-order valence-electron chi connectivity index (χ0n) is 10.9. The van der Waals surface area contributed by atoms with Crippen LogP contribution in [0.15, 0.2) is 0 Å². The number of nitrogens with one attached hydrogen (secondary N) is 1. The summed E-state index contributed by atoms with van der Waals surface area (Å²) in [4.78, 5) is 14.0. The number of ether oxygens (including phenoxy) is 1. The lowest BCUT2D eigenvalue weighted by Crippen LogP contribution is -2.47. The van der Waals surface area contributed by atoms with Crippen molar-refractivity contribution in [1.29, 1.82) is 0 Å². The largest absolute Gasteiger partial charge is 0.379 e. The van der Waals surface area contributed by atoms with Crippen LogP contribution >= 0.6 is 0 Å². The molecule has 1 amide bonds. The molecule has 3 N–H and O–H groups in total. The molecule has 1 saturated heterocycles. The molecule has 1 unspecified atom stereocenters. The van der Waals surface area contributed by atoms with E-state index in [2.05, 4.69) is 10.2 Å². The molecule has 0 radical (unpaired) electrons. The molecule has 1 heterocycles. The second-order valence-corrected chi connectivity index (χ2v) is 4.66. The normalized spacial score (nSPS) is 20.9. The maximum atomic E-state index is 11.7. The van der Waals surface area contributed by atoms with Gasteiger partial charge in [-0.25, -0.2) is 0 Å². The Hall–Kier alpha value is -0.650. The SMILES string of the molecule is CC[C@H](C)C(N)C(=O)NCCN1CCOCC1. The molecule has 0 aromatic heterocycles. The smallest absolute Gasteiger partial charge is 0.237 e. The van der Waals surface area contributed by atoms with Gasteiger partial charge in [-0.15, -0.1) is 0 Å². The molecule has 100 valence electrons. The van der Waals surface area contributed by atoms with Gasteiger partial charge in [0.05, 0.1) is 19.3 Å². The number of hydrogen-bond acceptors (Lipinski definition) is 4. The highest BCUT2D eigenvalue weighted by atomic mass is 16.5. The van der Waals surface area contributed by atoms with Crippen molar-refractivity contribution in [3.05, 3.63) is 0 Å². The minimum absolute atomic E-state index is 0.0346. The third kappa shape index (κ3) is 5.02. The number of carbonyl (C=O) groups excluding carboxylic acids is 1. The number of hydrogen-bond donors (Lipinski definition) is 2. The first-order chi connectivity index (χ1) is 8.15. The van der Waals surface area contributed by atoms with Crippen LogP contribution in [0, 0.1) is 5.92 Å². The predicted octanol–water partition coefficient (Wildman–Crippen LogP) is -0.192. The molecule has 0 aromatic carbocycles. The average Bonchev–Trinajstić information content (AvgIpc) is 2.38. The van der Waals surface area contributed by atoms with Crippen molar-refractivity contribution in [2.75, 3.05) is 39.4 Å². The van der Waals surface area contributed by atoms with Crippen LogP contribution in [0.5, 0.6) is 0 Å². The lowest BCUT2D eigenvalue weighted by molar-refractivity contribution is -0.123. The van der Waals surface area contributed by atoms with Gasteiger partial charge >= 0.3 is 0 Å². The van der Waals surface area contributed by atoms with Crippen LogP contribution in [-0.4, -0.2) is 56.2 Å². The summed E-state index contributed by atoms with van der Waals surface area (Å²) in [5, 5.41) is 2.90. The zero-order valence-corrected chi connectivity index (χ0v) is 10.9. The second kappa shape index (κ2) is 7.63. The third-order valence-electron chi connectivity index (χ3n) is 3.39. The molecule has 0 aromatic rings. The Balaban J connectivity index is 2.14. The first-order valence-corrected chi connectivity index (χ1v) is 6.48. The fourth-order valence-corrected chi connectivity index (χ4v) is 1.79.